The monoisotopic (exact) mass is 415 g/mol. The molecule has 1 N–H and O–H groups in total. The van der Waals surface area contributed by atoms with E-state index in [1.165, 1.54) is 37.5 Å². The number of H-pyrrole nitrogens is 1. The van der Waals surface area contributed by atoms with Crippen molar-refractivity contribution < 1.29 is 19.0 Å². The molecule has 0 bridgehead atoms. The van der Waals surface area contributed by atoms with Gasteiger partial charge in [0, 0.05) is 28.3 Å². The third-order valence-electron chi connectivity index (χ3n) is 3.95. The number of benzene rings is 2. The summed E-state index contributed by atoms with van der Waals surface area (Å²) in [6, 6.07) is 11.6. The second-order valence-corrected chi connectivity index (χ2v) is 6.34. The average molecular weight is 416 g/mol. The molecule has 10 heteroatoms. The van der Waals surface area contributed by atoms with Crippen LogP contribution in [0.1, 0.15) is 21.6 Å². The quantitative estimate of drug-likeness (QED) is 0.278. The van der Waals surface area contributed by atoms with Gasteiger partial charge in [-0.2, -0.15) is 0 Å². The summed E-state index contributed by atoms with van der Waals surface area (Å²) >= 11 is 5.82. The minimum atomic E-state index is -0.800. The first-order valence-corrected chi connectivity index (χ1v) is 8.74. The summed E-state index contributed by atoms with van der Waals surface area (Å²) in [5, 5.41) is 19.1. The smallest absolute Gasteiger partial charge is 0.427 e. The van der Waals surface area contributed by atoms with Crippen LogP contribution >= 0.6 is 11.6 Å². The Morgan fingerprint density at radius 1 is 1.24 bits per heavy atom. The number of nitrogens with zero attached hydrogens (tertiary/aromatic N) is 4. The van der Waals surface area contributed by atoms with Crippen LogP contribution in [-0.2, 0) is 6.54 Å². The fourth-order valence-electron chi connectivity index (χ4n) is 2.47. The maximum absolute atomic E-state index is 13.0. The van der Waals surface area contributed by atoms with Crippen LogP contribution in [0.25, 0.3) is 0 Å². The number of halogens is 2. The van der Waals surface area contributed by atoms with E-state index in [-0.39, 0.29) is 18.0 Å². The van der Waals surface area contributed by atoms with Gasteiger partial charge in [-0.15, -0.1) is 4.68 Å². The Bertz CT molecular complexity index is 1150. The molecule has 1 heterocycles. The Morgan fingerprint density at radius 2 is 1.90 bits per heavy atom. The Balaban J connectivity index is 1.94. The molecule has 0 amide bonds. The van der Waals surface area contributed by atoms with Gasteiger partial charge in [0.15, 0.2) is 6.54 Å². The Hall–Kier alpha value is -3.59. The lowest BCUT2D eigenvalue weighted by Crippen LogP contribution is -2.48. The molecule has 0 unspecified atom stereocenters. The zero-order chi connectivity index (χ0) is 21.0. The summed E-state index contributed by atoms with van der Waals surface area (Å²) in [7, 11) is 1.24. The summed E-state index contributed by atoms with van der Waals surface area (Å²) < 4.78 is 14.1. The van der Waals surface area contributed by atoms with Crippen LogP contribution < -0.4 is 15.3 Å². The molecule has 8 nitrogen and oxygen atoms in total. The van der Waals surface area contributed by atoms with Crippen molar-refractivity contribution >= 4 is 29.5 Å². The zero-order valence-electron chi connectivity index (χ0n) is 15.2. The van der Waals surface area contributed by atoms with Crippen LogP contribution in [0.5, 0.6) is 0 Å². The minimum absolute atomic E-state index is 0.313. The van der Waals surface area contributed by atoms with E-state index in [1.54, 1.807) is 24.3 Å². The van der Waals surface area contributed by atoms with E-state index >= 15 is 0 Å². The highest BCUT2D eigenvalue weighted by molar-refractivity contribution is 6.30. The molecule has 0 spiro atoms. The number of carbonyl (C=O) groups excluding carboxylic acids is 1. The van der Waals surface area contributed by atoms with Crippen LogP contribution in [0, 0.1) is 5.82 Å². The van der Waals surface area contributed by atoms with Crippen molar-refractivity contribution in [2.24, 2.45) is 10.1 Å². The first kappa shape index (κ1) is 20.2. The van der Waals surface area contributed by atoms with E-state index in [1.807, 2.05) is 0 Å². The van der Waals surface area contributed by atoms with Crippen molar-refractivity contribution in [3.05, 3.63) is 86.5 Å². The number of carbonyl (C=O) groups is 1. The van der Waals surface area contributed by atoms with Crippen molar-refractivity contribution in [2.45, 2.75) is 6.54 Å². The highest BCUT2D eigenvalue weighted by Gasteiger charge is 2.24. The van der Waals surface area contributed by atoms with Crippen LogP contribution in [0.2, 0.25) is 5.02 Å². The molecule has 0 atom stereocenters. The molecule has 0 aliphatic rings. The summed E-state index contributed by atoms with van der Waals surface area (Å²) in [6.07, 6.45) is 1.31. The second kappa shape index (κ2) is 8.61. The standard InChI is InChI=1S/C19H15ClFN5O3/c1-22-18(28)17-19(29)26(23-10-12-2-8-15(21)9-3-12)24-25(17)11-16(27)13-4-6-14(20)7-5-13/h2-10H,11H2,1H3,(H-,22,24,28,29). The van der Waals surface area contributed by atoms with Crippen LogP contribution in [0.15, 0.2) is 63.4 Å². The predicted molar refractivity (Wildman–Crippen MR) is 103 cm³/mol. The molecule has 3 aromatic rings. The average Bonchev–Trinajstić information content (AvgIpc) is 3.02. The predicted octanol–water partition coefficient (Wildman–Crippen LogP) is 0.758. The van der Waals surface area contributed by atoms with Gasteiger partial charge < -0.3 is 5.11 Å². The Labute approximate surface area is 169 Å². The topological polar surface area (TPSA) is 107 Å². The number of rotatable bonds is 6. The van der Waals surface area contributed by atoms with Gasteiger partial charge in [-0.25, -0.2) is 9.18 Å². The lowest BCUT2D eigenvalue weighted by atomic mass is 10.1. The molecule has 0 saturated heterocycles. The largest absolute Gasteiger partial charge is 0.856 e. The van der Waals surface area contributed by atoms with Gasteiger partial charge in [-0.05, 0) is 42.0 Å². The van der Waals surface area contributed by atoms with Crippen molar-refractivity contribution in [2.75, 3.05) is 7.05 Å². The number of aromatic nitrogens is 3. The lowest BCUT2D eigenvalue weighted by molar-refractivity contribution is -0.745. The maximum atomic E-state index is 13.0. The Morgan fingerprint density at radius 3 is 2.52 bits per heavy atom. The van der Waals surface area contributed by atoms with Crippen LogP contribution in [0.4, 0.5) is 4.39 Å². The molecule has 0 fully saturated rings. The van der Waals surface area contributed by atoms with E-state index in [0.29, 0.717) is 16.1 Å². The van der Waals surface area contributed by atoms with Gasteiger partial charge in [-0.1, -0.05) is 34.0 Å². The molecule has 0 aliphatic heterocycles. The number of nitrogens with one attached hydrogen (secondary N) is 1. The van der Waals surface area contributed by atoms with Crippen molar-refractivity contribution in [1.82, 2.24) is 10.0 Å². The zero-order valence-corrected chi connectivity index (χ0v) is 15.9. The molecule has 1 aromatic heterocycles. The van der Waals surface area contributed by atoms with Crippen molar-refractivity contribution in [3.63, 3.8) is 0 Å². The molecule has 0 radical (unpaired) electrons. The van der Waals surface area contributed by atoms with E-state index < -0.39 is 17.3 Å². The normalized spacial score (nSPS) is 11.9. The fourth-order valence-corrected chi connectivity index (χ4v) is 2.60. The molecule has 29 heavy (non-hydrogen) atoms. The number of aromatic amines is 1. The summed E-state index contributed by atoms with van der Waals surface area (Å²) in [5.74, 6) is -1.56. The van der Waals surface area contributed by atoms with Gasteiger partial charge in [0.05, 0.1) is 6.21 Å². The highest BCUT2D eigenvalue weighted by Crippen LogP contribution is 2.10. The number of hydrogen-bond donors (Lipinski definition) is 1. The van der Waals surface area contributed by atoms with E-state index in [4.69, 9.17) is 11.6 Å². The molecule has 0 saturated carbocycles. The maximum Gasteiger partial charge on any atom is 0.427 e. The van der Waals surface area contributed by atoms with Gasteiger partial charge >= 0.3 is 5.56 Å². The molecular formula is C19H15ClFN5O3. The molecular weight excluding hydrogens is 401 g/mol. The minimum Gasteiger partial charge on any atom is -0.856 e. The molecule has 0 aliphatic carbocycles. The first-order valence-electron chi connectivity index (χ1n) is 8.36. The van der Waals surface area contributed by atoms with E-state index in [2.05, 4.69) is 15.3 Å². The second-order valence-electron chi connectivity index (χ2n) is 5.91. The molecule has 2 aromatic carbocycles. The lowest BCUT2D eigenvalue weighted by Gasteiger charge is -2.05. The third kappa shape index (κ3) is 4.64. The molecule has 3 rings (SSSR count). The number of aliphatic imine (C=N–C) groups is 1. The number of ketones is 1. The highest BCUT2D eigenvalue weighted by atomic mass is 35.5. The van der Waals surface area contributed by atoms with Gasteiger partial charge in [0.1, 0.15) is 5.82 Å². The number of hydrogen-bond acceptors (Lipinski definition) is 5. The summed E-state index contributed by atoms with van der Waals surface area (Å²) in [6.45, 7) is -0.313. The fraction of sp³-hybridized carbons (Fsp3) is 0.105. The van der Waals surface area contributed by atoms with Crippen molar-refractivity contribution in [3.8, 4) is 0 Å². The van der Waals surface area contributed by atoms with Gasteiger partial charge in [0.25, 0.3) is 5.69 Å². The van der Waals surface area contributed by atoms with Crippen LogP contribution in [-0.4, -0.2) is 34.9 Å². The third-order valence-corrected chi connectivity index (χ3v) is 4.20. The van der Waals surface area contributed by atoms with Gasteiger partial charge in [-0.3, -0.25) is 9.79 Å². The SMILES string of the molecule is CN=C([O-])c1c(=O)n(N=Cc2ccc(F)cc2)[nH][n+]1CC(=O)c1ccc(Cl)cc1. The van der Waals surface area contributed by atoms with Crippen molar-refractivity contribution in [1.29, 1.82) is 0 Å². The number of Topliss-reactive ketones (excluding diaryl/α,β-unsaturated/α-hetero) is 1. The van der Waals surface area contributed by atoms with E-state index in [9.17, 15) is 19.1 Å². The summed E-state index contributed by atoms with van der Waals surface area (Å²) in [5.41, 5.74) is -0.226. The van der Waals surface area contributed by atoms with Gasteiger partial charge in [0.2, 0.25) is 5.78 Å². The van der Waals surface area contributed by atoms with E-state index in [0.717, 1.165) is 9.47 Å². The summed E-state index contributed by atoms with van der Waals surface area (Å²) in [4.78, 5) is 29.4. The Kier molecular flexibility index (Phi) is 5.99. The van der Waals surface area contributed by atoms with Crippen LogP contribution in [0.3, 0.4) is 0 Å². The molecule has 148 valence electrons. The first-order chi connectivity index (χ1) is 13.9.